The van der Waals surface area contributed by atoms with E-state index in [0.717, 1.165) is 5.56 Å². The number of nitrogens with two attached hydrogens (primary N) is 1. The molecule has 0 radical (unpaired) electrons. The average Bonchev–Trinajstić information content (AvgIpc) is 2.27. The topological polar surface area (TPSA) is 78.4 Å². The van der Waals surface area contributed by atoms with Crippen LogP contribution >= 0.6 is 0 Å². The summed E-state index contributed by atoms with van der Waals surface area (Å²) in [4.78, 5) is 16.1. The van der Waals surface area contributed by atoms with E-state index < -0.39 is 5.63 Å². The van der Waals surface area contributed by atoms with Gasteiger partial charge in [0.1, 0.15) is 0 Å². The van der Waals surface area contributed by atoms with E-state index in [4.69, 9.17) is 14.9 Å². The summed E-state index contributed by atoms with van der Waals surface area (Å²) in [5.41, 5.74) is 7.32. The van der Waals surface area contributed by atoms with Gasteiger partial charge in [0.25, 0.3) is 0 Å². The van der Waals surface area contributed by atoms with Crippen molar-refractivity contribution in [3.8, 4) is 6.08 Å². The smallest absolute Gasteiger partial charge is 0.397 e. The minimum atomic E-state index is -0.438. The summed E-state index contributed by atoms with van der Waals surface area (Å²) < 4.78 is 10.1. The van der Waals surface area contributed by atoms with Crippen LogP contribution in [0.1, 0.15) is 32.3 Å². The van der Waals surface area contributed by atoms with Gasteiger partial charge in [-0.25, -0.2) is 4.79 Å². The van der Waals surface area contributed by atoms with E-state index in [2.05, 4.69) is 4.98 Å². The average molecular weight is 248 g/mol. The number of nitrogens with zero attached hydrogens (tertiary/aromatic N) is 1. The normalized spacial score (nSPS) is 11.1. The largest absolute Gasteiger partial charge is 0.450 e. The summed E-state index contributed by atoms with van der Waals surface area (Å²) in [5, 5.41) is 0.475. The molecule has 0 unspecified atom stereocenters. The maximum absolute atomic E-state index is 12.0. The number of hydrogen-bond donors (Lipinski definition) is 1. The van der Waals surface area contributed by atoms with E-state index >= 15 is 0 Å². The van der Waals surface area contributed by atoms with Crippen LogP contribution in [0.15, 0.2) is 21.3 Å². The molecule has 1 aromatic carbocycles. The van der Waals surface area contributed by atoms with Gasteiger partial charge in [-0.15, -0.1) is 0 Å². The Hall–Kier alpha value is -2.04. The molecule has 0 atom stereocenters. The van der Waals surface area contributed by atoms with Crippen LogP contribution in [0.4, 0.5) is 5.69 Å². The highest BCUT2D eigenvalue weighted by Crippen LogP contribution is 2.26. The van der Waals surface area contributed by atoms with E-state index in [9.17, 15) is 4.79 Å². The zero-order valence-electron chi connectivity index (χ0n) is 10.7. The van der Waals surface area contributed by atoms with Gasteiger partial charge in [0, 0.05) is 5.69 Å². The number of fused-ring (bicyclic) bond motifs is 1. The SMILES string of the molecule is CCOc1nc2cc(N)cc(C(C)C)c2c(=O)o1. The second-order valence-corrected chi connectivity index (χ2v) is 4.36. The van der Waals surface area contributed by atoms with Gasteiger partial charge in [0.15, 0.2) is 0 Å². The number of aromatic nitrogens is 1. The van der Waals surface area contributed by atoms with E-state index in [1.165, 1.54) is 0 Å². The number of rotatable bonds is 3. The zero-order chi connectivity index (χ0) is 13.3. The van der Waals surface area contributed by atoms with Crippen molar-refractivity contribution in [1.82, 2.24) is 4.98 Å². The van der Waals surface area contributed by atoms with Gasteiger partial charge >= 0.3 is 11.7 Å². The van der Waals surface area contributed by atoms with Crippen molar-refractivity contribution in [2.24, 2.45) is 0 Å². The zero-order valence-corrected chi connectivity index (χ0v) is 10.7. The molecule has 1 heterocycles. The van der Waals surface area contributed by atoms with Crippen molar-refractivity contribution in [3.05, 3.63) is 28.1 Å². The fourth-order valence-electron chi connectivity index (χ4n) is 1.87. The third-order valence-corrected chi connectivity index (χ3v) is 2.66. The predicted molar refractivity (Wildman–Crippen MR) is 69.9 cm³/mol. The van der Waals surface area contributed by atoms with E-state index in [0.29, 0.717) is 23.2 Å². The molecule has 1 aromatic heterocycles. The van der Waals surface area contributed by atoms with Crippen LogP contribution in [0.5, 0.6) is 6.08 Å². The predicted octanol–water partition coefficient (Wildman–Crippen LogP) is 2.29. The lowest BCUT2D eigenvalue weighted by Gasteiger charge is -2.10. The summed E-state index contributed by atoms with van der Waals surface area (Å²) in [6.07, 6.45) is -0.0182. The van der Waals surface area contributed by atoms with Gasteiger partial charge < -0.3 is 14.9 Å². The standard InChI is InChI=1S/C13H16N2O3/c1-4-17-13-15-10-6-8(14)5-9(7(2)3)11(10)12(16)18-13/h5-7H,4,14H2,1-3H3. The molecule has 18 heavy (non-hydrogen) atoms. The van der Waals surface area contributed by atoms with Gasteiger partial charge in [-0.05, 0) is 30.5 Å². The molecule has 0 fully saturated rings. The lowest BCUT2D eigenvalue weighted by molar-refractivity contribution is 0.229. The molecule has 0 aliphatic heterocycles. The van der Waals surface area contributed by atoms with Crippen molar-refractivity contribution in [3.63, 3.8) is 0 Å². The summed E-state index contributed by atoms with van der Waals surface area (Å²) in [6.45, 7) is 6.17. The highest BCUT2D eigenvalue weighted by Gasteiger charge is 2.14. The molecule has 2 N–H and O–H groups in total. The Labute approximate surface area is 105 Å². The van der Waals surface area contributed by atoms with Gasteiger partial charge in [-0.2, -0.15) is 4.98 Å². The molecule has 0 spiro atoms. The van der Waals surface area contributed by atoms with Crippen molar-refractivity contribution < 1.29 is 9.15 Å². The summed E-state index contributed by atoms with van der Waals surface area (Å²) >= 11 is 0. The molecule has 0 bridgehead atoms. The molecule has 2 rings (SSSR count). The van der Waals surface area contributed by atoms with Crippen molar-refractivity contribution in [2.75, 3.05) is 12.3 Å². The van der Waals surface area contributed by atoms with E-state index in [-0.39, 0.29) is 12.0 Å². The minimum Gasteiger partial charge on any atom is -0.450 e. The molecular weight excluding hydrogens is 232 g/mol. The quantitative estimate of drug-likeness (QED) is 0.843. The fraction of sp³-hybridized carbons (Fsp3) is 0.385. The molecule has 2 aromatic rings. The number of hydrogen-bond acceptors (Lipinski definition) is 5. The van der Waals surface area contributed by atoms with Gasteiger partial charge in [-0.1, -0.05) is 13.8 Å². The lowest BCUT2D eigenvalue weighted by atomic mass is 9.98. The summed E-state index contributed by atoms with van der Waals surface area (Å²) in [7, 11) is 0. The van der Waals surface area contributed by atoms with Crippen molar-refractivity contribution in [2.45, 2.75) is 26.7 Å². The first-order valence-electron chi connectivity index (χ1n) is 5.90. The molecule has 0 amide bonds. The molecule has 0 saturated carbocycles. The Morgan fingerprint density at radius 3 is 2.78 bits per heavy atom. The van der Waals surface area contributed by atoms with Crippen LogP contribution < -0.4 is 16.1 Å². The first kappa shape index (κ1) is 12.4. The Kier molecular flexibility index (Phi) is 3.23. The minimum absolute atomic E-state index is 0.0182. The second kappa shape index (κ2) is 4.68. The molecule has 0 saturated heterocycles. The van der Waals surface area contributed by atoms with Gasteiger partial charge in [-0.3, -0.25) is 0 Å². The third-order valence-electron chi connectivity index (χ3n) is 2.66. The molecule has 5 nitrogen and oxygen atoms in total. The monoisotopic (exact) mass is 248 g/mol. The summed E-state index contributed by atoms with van der Waals surface area (Å²) in [6, 6.07) is 3.44. The summed E-state index contributed by atoms with van der Waals surface area (Å²) in [5.74, 6) is 0.165. The van der Waals surface area contributed by atoms with Crippen LogP contribution in [-0.4, -0.2) is 11.6 Å². The second-order valence-electron chi connectivity index (χ2n) is 4.36. The van der Waals surface area contributed by atoms with Gasteiger partial charge in [0.05, 0.1) is 17.5 Å². The Morgan fingerprint density at radius 1 is 1.44 bits per heavy atom. The molecule has 0 aliphatic carbocycles. The van der Waals surface area contributed by atoms with Crippen molar-refractivity contribution in [1.29, 1.82) is 0 Å². The van der Waals surface area contributed by atoms with Crippen LogP contribution in [0.25, 0.3) is 10.9 Å². The molecule has 96 valence electrons. The molecule has 0 aliphatic rings. The first-order chi connectivity index (χ1) is 8.52. The number of ether oxygens (including phenoxy) is 1. The number of benzene rings is 1. The van der Waals surface area contributed by atoms with Crippen LogP contribution in [-0.2, 0) is 0 Å². The Bertz CT molecular complexity index is 632. The van der Waals surface area contributed by atoms with Crippen molar-refractivity contribution >= 4 is 16.6 Å². The lowest BCUT2D eigenvalue weighted by Crippen LogP contribution is -2.09. The van der Waals surface area contributed by atoms with Gasteiger partial charge in [0.2, 0.25) is 0 Å². The molecule has 5 heteroatoms. The van der Waals surface area contributed by atoms with Crippen LogP contribution in [0, 0.1) is 0 Å². The van der Waals surface area contributed by atoms with Crippen LogP contribution in [0.3, 0.4) is 0 Å². The Balaban J connectivity index is 2.78. The first-order valence-corrected chi connectivity index (χ1v) is 5.90. The number of anilines is 1. The maximum Gasteiger partial charge on any atom is 0.397 e. The highest BCUT2D eigenvalue weighted by atomic mass is 16.6. The molecular formula is C13H16N2O3. The van der Waals surface area contributed by atoms with Crippen LogP contribution in [0.2, 0.25) is 0 Å². The third kappa shape index (κ3) is 2.16. The highest BCUT2D eigenvalue weighted by molar-refractivity contribution is 5.84. The maximum atomic E-state index is 12.0. The van der Waals surface area contributed by atoms with E-state index in [1.807, 2.05) is 13.8 Å². The Morgan fingerprint density at radius 2 is 2.17 bits per heavy atom. The fourth-order valence-corrected chi connectivity index (χ4v) is 1.87. The van der Waals surface area contributed by atoms with E-state index in [1.54, 1.807) is 19.1 Å². The number of nitrogen functional groups attached to an aromatic ring is 1.